The number of nitrogens with one attached hydrogen (secondary N) is 1. The number of hydrogen-bond acceptors (Lipinski definition) is 3. The zero-order valence-electron chi connectivity index (χ0n) is 13.0. The Bertz CT molecular complexity index is 694. The molecule has 118 valence electrons. The van der Waals surface area contributed by atoms with Crippen molar-refractivity contribution in [2.24, 2.45) is 0 Å². The number of benzene rings is 2. The molecule has 23 heavy (non-hydrogen) atoms. The highest BCUT2D eigenvalue weighted by Crippen LogP contribution is 2.13. The molecule has 0 bridgehead atoms. The molecular weight excluding hydrogens is 290 g/mol. The number of aromatic hydroxyl groups is 1. The molecule has 2 aromatic carbocycles. The maximum absolute atomic E-state index is 11.5. The Morgan fingerprint density at radius 3 is 2.74 bits per heavy atom. The van der Waals surface area contributed by atoms with Gasteiger partial charge in [0, 0.05) is 18.5 Å². The van der Waals surface area contributed by atoms with Crippen molar-refractivity contribution in [3.05, 3.63) is 65.2 Å². The lowest BCUT2D eigenvalue weighted by Crippen LogP contribution is -2.24. The molecular formula is C19H19NO3. The number of phenols is 1. The highest BCUT2D eigenvalue weighted by molar-refractivity contribution is 5.67. The SMILES string of the molecule is Cc1cc(O)cc(C#CCCNC(=O)OCc2ccccc2)c1. The Kier molecular flexibility index (Phi) is 6.07. The number of hydrogen-bond donors (Lipinski definition) is 2. The molecule has 4 nitrogen and oxygen atoms in total. The third kappa shape index (κ3) is 6.15. The van der Waals surface area contributed by atoms with E-state index in [1.165, 1.54) is 0 Å². The number of carbonyl (C=O) groups is 1. The van der Waals surface area contributed by atoms with E-state index in [2.05, 4.69) is 17.2 Å². The van der Waals surface area contributed by atoms with Gasteiger partial charge < -0.3 is 15.2 Å². The summed E-state index contributed by atoms with van der Waals surface area (Å²) in [5.41, 5.74) is 2.66. The van der Waals surface area contributed by atoms with Crippen molar-refractivity contribution in [2.75, 3.05) is 6.54 Å². The lowest BCUT2D eigenvalue weighted by molar-refractivity contribution is 0.140. The standard InChI is InChI=1S/C19H19NO3/c1-15-11-17(13-18(21)12-15)9-5-6-10-20-19(22)23-14-16-7-3-2-4-8-16/h2-4,7-8,11-13,21H,6,10,14H2,1H3,(H,20,22). The van der Waals surface area contributed by atoms with Gasteiger partial charge in [-0.2, -0.15) is 0 Å². The molecule has 0 saturated carbocycles. The second-order valence-electron chi connectivity index (χ2n) is 5.10. The lowest BCUT2D eigenvalue weighted by atomic mass is 10.1. The Morgan fingerprint density at radius 2 is 2.00 bits per heavy atom. The van der Waals surface area contributed by atoms with Crippen LogP contribution in [0.5, 0.6) is 5.75 Å². The van der Waals surface area contributed by atoms with E-state index in [4.69, 9.17) is 4.74 Å². The zero-order chi connectivity index (χ0) is 16.5. The summed E-state index contributed by atoms with van der Waals surface area (Å²) in [5, 5.41) is 12.1. The molecule has 0 atom stereocenters. The smallest absolute Gasteiger partial charge is 0.407 e. The van der Waals surface area contributed by atoms with Crippen LogP contribution in [0.2, 0.25) is 0 Å². The predicted octanol–water partition coefficient (Wildman–Crippen LogP) is 3.37. The summed E-state index contributed by atoms with van der Waals surface area (Å²) in [7, 11) is 0. The van der Waals surface area contributed by atoms with Gasteiger partial charge in [-0.15, -0.1) is 0 Å². The van der Waals surface area contributed by atoms with Crippen molar-refractivity contribution in [1.82, 2.24) is 5.32 Å². The summed E-state index contributed by atoms with van der Waals surface area (Å²) in [5.74, 6) is 6.12. The summed E-state index contributed by atoms with van der Waals surface area (Å²) >= 11 is 0. The number of amides is 1. The van der Waals surface area contributed by atoms with Gasteiger partial charge in [-0.25, -0.2) is 4.79 Å². The number of alkyl carbamates (subject to hydrolysis) is 1. The van der Waals surface area contributed by atoms with Gasteiger partial charge in [0.2, 0.25) is 0 Å². The van der Waals surface area contributed by atoms with Crippen LogP contribution in [-0.4, -0.2) is 17.7 Å². The fourth-order valence-electron chi connectivity index (χ4n) is 2.00. The number of carbonyl (C=O) groups excluding carboxylic acids is 1. The second kappa shape index (κ2) is 8.50. The summed E-state index contributed by atoms with van der Waals surface area (Å²) < 4.78 is 5.09. The van der Waals surface area contributed by atoms with E-state index in [-0.39, 0.29) is 12.4 Å². The maximum Gasteiger partial charge on any atom is 0.407 e. The third-order valence-corrected chi connectivity index (χ3v) is 3.03. The second-order valence-corrected chi connectivity index (χ2v) is 5.10. The van der Waals surface area contributed by atoms with Gasteiger partial charge in [-0.3, -0.25) is 0 Å². The summed E-state index contributed by atoms with van der Waals surface area (Å²) in [4.78, 5) is 11.5. The minimum atomic E-state index is -0.455. The van der Waals surface area contributed by atoms with Crippen LogP contribution >= 0.6 is 0 Å². The van der Waals surface area contributed by atoms with E-state index in [0.29, 0.717) is 13.0 Å². The molecule has 0 aromatic heterocycles. The largest absolute Gasteiger partial charge is 0.508 e. The third-order valence-electron chi connectivity index (χ3n) is 3.03. The molecule has 0 aliphatic heterocycles. The maximum atomic E-state index is 11.5. The van der Waals surface area contributed by atoms with E-state index in [1.54, 1.807) is 12.1 Å². The van der Waals surface area contributed by atoms with Crippen LogP contribution in [0.15, 0.2) is 48.5 Å². The van der Waals surface area contributed by atoms with Crippen molar-refractivity contribution in [1.29, 1.82) is 0 Å². The fraction of sp³-hybridized carbons (Fsp3) is 0.211. The van der Waals surface area contributed by atoms with Gasteiger partial charge in [0.25, 0.3) is 0 Å². The average molecular weight is 309 g/mol. The van der Waals surface area contributed by atoms with Crippen LogP contribution in [0.4, 0.5) is 4.79 Å². The summed E-state index contributed by atoms with van der Waals surface area (Å²) in [6.07, 6.45) is 0.0543. The minimum absolute atomic E-state index is 0.205. The van der Waals surface area contributed by atoms with Gasteiger partial charge in [0.15, 0.2) is 0 Å². The normalized spacial score (nSPS) is 9.61. The monoisotopic (exact) mass is 309 g/mol. The number of phenolic OH excluding ortho intramolecular Hbond substituents is 1. The van der Waals surface area contributed by atoms with Gasteiger partial charge in [0.05, 0.1) is 0 Å². The zero-order valence-corrected chi connectivity index (χ0v) is 13.0. The molecule has 2 N–H and O–H groups in total. The first-order valence-electron chi connectivity index (χ1n) is 7.37. The first-order chi connectivity index (χ1) is 11.1. The fourth-order valence-corrected chi connectivity index (χ4v) is 2.00. The summed E-state index contributed by atoms with van der Waals surface area (Å²) in [6, 6.07) is 14.7. The number of ether oxygens (including phenoxy) is 1. The van der Waals surface area contributed by atoms with Crippen LogP contribution in [0, 0.1) is 18.8 Å². The predicted molar refractivity (Wildman–Crippen MR) is 89.0 cm³/mol. The molecule has 1 amide bonds. The van der Waals surface area contributed by atoms with Crippen LogP contribution in [0.25, 0.3) is 0 Å². The van der Waals surface area contributed by atoms with Gasteiger partial charge in [0.1, 0.15) is 12.4 Å². The number of aryl methyl sites for hydroxylation is 1. The lowest BCUT2D eigenvalue weighted by Gasteiger charge is -2.05. The molecule has 2 rings (SSSR count). The van der Waals surface area contributed by atoms with E-state index >= 15 is 0 Å². The molecule has 4 heteroatoms. The first kappa shape index (κ1) is 16.4. The first-order valence-corrected chi connectivity index (χ1v) is 7.37. The molecule has 2 aromatic rings. The molecule has 0 fully saturated rings. The molecule has 0 heterocycles. The molecule has 0 aliphatic carbocycles. The van der Waals surface area contributed by atoms with Crippen LogP contribution in [0.1, 0.15) is 23.1 Å². The highest BCUT2D eigenvalue weighted by Gasteiger charge is 2.00. The van der Waals surface area contributed by atoms with Crippen LogP contribution in [-0.2, 0) is 11.3 Å². The number of rotatable bonds is 4. The van der Waals surface area contributed by atoms with Crippen LogP contribution in [0.3, 0.4) is 0 Å². The minimum Gasteiger partial charge on any atom is -0.508 e. The van der Waals surface area contributed by atoms with Crippen molar-refractivity contribution in [3.8, 4) is 17.6 Å². The summed E-state index contributed by atoms with van der Waals surface area (Å²) in [6.45, 7) is 2.56. The van der Waals surface area contributed by atoms with Crippen LogP contribution < -0.4 is 5.32 Å². The van der Waals surface area contributed by atoms with Crippen molar-refractivity contribution in [3.63, 3.8) is 0 Å². The molecule has 0 radical (unpaired) electrons. The Labute approximate surface area is 136 Å². The molecule has 0 spiro atoms. The molecule has 0 saturated heterocycles. The van der Waals surface area contributed by atoms with Crippen molar-refractivity contribution < 1.29 is 14.6 Å². The van der Waals surface area contributed by atoms with Crippen molar-refractivity contribution >= 4 is 6.09 Å². The van der Waals surface area contributed by atoms with E-state index < -0.39 is 6.09 Å². The van der Waals surface area contributed by atoms with E-state index in [0.717, 1.165) is 16.7 Å². The molecule has 0 unspecified atom stereocenters. The van der Waals surface area contributed by atoms with Gasteiger partial charge in [-0.1, -0.05) is 42.2 Å². The highest BCUT2D eigenvalue weighted by atomic mass is 16.5. The van der Waals surface area contributed by atoms with E-state index in [1.807, 2.05) is 43.3 Å². The Morgan fingerprint density at radius 1 is 1.22 bits per heavy atom. The topological polar surface area (TPSA) is 58.6 Å². The van der Waals surface area contributed by atoms with E-state index in [9.17, 15) is 9.90 Å². The Hall–Kier alpha value is -2.93. The average Bonchev–Trinajstić information content (AvgIpc) is 2.53. The quantitative estimate of drug-likeness (QED) is 0.672. The van der Waals surface area contributed by atoms with Crippen molar-refractivity contribution in [2.45, 2.75) is 20.0 Å². The van der Waals surface area contributed by atoms with Gasteiger partial charge >= 0.3 is 6.09 Å². The van der Waals surface area contributed by atoms with Gasteiger partial charge in [-0.05, 0) is 36.2 Å². The molecule has 0 aliphatic rings. The Balaban J connectivity index is 1.69.